The van der Waals surface area contributed by atoms with Crippen molar-refractivity contribution in [2.75, 3.05) is 37.5 Å². The maximum Gasteiger partial charge on any atom is 0.410 e. The van der Waals surface area contributed by atoms with E-state index in [9.17, 15) is 9.59 Å². The van der Waals surface area contributed by atoms with Crippen LogP contribution in [0.5, 0.6) is 11.5 Å². The molecule has 13 heteroatoms. The third-order valence-corrected chi connectivity index (χ3v) is 10.2. The first-order valence-corrected chi connectivity index (χ1v) is 19.6. The molecule has 1 aliphatic heterocycles. The molecular weight excluding hydrogens is 733 g/mol. The van der Waals surface area contributed by atoms with Gasteiger partial charge in [0, 0.05) is 61.9 Å². The lowest BCUT2D eigenvalue weighted by Gasteiger charge is -2.33. The second kappa shape index (κ2) is 17.3. The second-order valence-corrected chi connectivity index (χ2v) is 15.4. The standard InChI is InChI=1S/C45H50N8O5/c1-7-32-16-19-46-25-38(32)40-22-33-23-41(50-43(54)34-24-48-53(29-34)35-17-20-51(21-18-35)44(55)58-45(2,3)4)47-26-39(33)42(49-40)52(27-30-8-12-36(56-5)13-9-30)28-31-10-14-37(57-6)15-11-31/h8-16,19,22-26,29,35H,7,17-18,20-21,27-28H2,1-6H3,(H,47,50,54). The summed E-state index contributed by atoms with van der Waals surface area (Å²) in [6.07, 6.45) is 10.7. The van der Waals surface area contributed by atoms with Crippen LogP contribution in [0.1, 0.15) is 73.6 Å². The summed E-state index contributed by atoms with van der Waals surface area (Å²) in [5.41, 5.74) is 4.86. The Balaban J connectivity index is 1.19. The number of hydrogen-bond donors (Lipinski definition) is 1. The van der Waals surface area contributed by atoms with Gasteiger partial charge in [-0.25, -0.2) is 14.8 Å². The minimum Gasteiger partial charge on any atom is -0.497 e. The number of benzene rings is 2. The Hall–Kier alpha value is -6.50. The molecule has 0 saturated carbocycles. The van der Waals surface area contributed by atoms with Gasteiger partial charge in [-0.05, 0) is 105 Å². The van der Waals surface area contributed by atoms with Crippen molar-refractivity contribution in [1.82, 2.24) is 29.6 Å². The Kier molecular flexibility index (Phi) is 11.9. The molecule has 0 unspecified atom stereocenters. The number of aryl methyl sites for hydroxylation is 1. The van der Waals surface area contributed by atoms with Crippen LogP contribution in [0, 0.1) is 0 Å². The highest BCUT2D eigenvalue weighted by Crippen LogP contribution is 2.34. The van der Waals surface area contributed by atoms with Crippen molar-refractivity contribution in [3.05, 3.63) is 120 Å². The van der Waals surface area contributed by atoms with Crippen molar-refractivity contribution in [3.8, 4) is 22.8 Å². The second-order valence-electron chi connectivity index (χ2n) is 15.4. The van der Waals surface area contributed by atoms with E-state index in [1.165, 1.54) is 0 Å². The Morgan fingerprint density at radius 1 is 0.879 bits per heavy atom. The number of aromatic nitrogens is 5. The van der Waals surface area contributed by atoms with Gasteiger partial charge in [-0.3, -0.25) is 14.5 Å². The maximum atomic E-state index is 13.6. The molecule has 0 spiro atoms. The average molecular weight is 783 g/mol. The van der Waals surface area contributed by atoms with E-state index >= 15 is 0 Å². The maximum absolute atomic E-state index is 13.6. The predicted octanol–water partition coefficient (Wildman–Crippen LogP) is 8.50. The molecule has 0 bridgehead atoms. The molecule has 300 valence electrons. The van der Waals surface area contributed by atoms with Gasteiger partial charge in [-0.2, -0.15) is 5.10 Å². The van der Waals surface area contributed by atoms with Crippen LogP contribution in [0.2, 0.25) is 0 Å². The number of likely N-dealkylation sites (tertiary alicyclic amines) is 1. The summed E-state index contributed by atoms with van der Waals surface area (Å²) in [7, 11) is 3.32. The van der Waals surface area contributed by atoms with E-state index in [2.05, 4.69) is 51.5 Å². The van der Waals surface area contributed by atoms with Crippen LogP contribution in [-0.2, 0) is 24.2 Å². The number of nitrogens with one attached hydrogen (secondary N) is 1. The van der Waals surface area contributed by atoms with E-state index in [1.807, 2.05) is 74.1 Å². The Morgan fingerprint density at radius 2 is 1.53 bits per heavy atom. The number of amides is 2. The summed E-state index contributed by atoms with van der Waals surface area (Å²) >= 11 is 0. The summed E-state index contributed by atoms with van der Waals surface area (Å²) in [4.78, 5) is 44.7. The summed E-state index contributed by atoms with van der Waals surface area (Å²) in [5.74, 6) is 2.39. The first-order valence-electron chi connectivity index (χ1n) is 19.6. The van der Waals surface area contributed by atoms with Crippen LogP contribution < -0.4 is 19.7 Å². The van der Waals surface area contributed by atoms with E-state index in [4.69, 9.17) is 24.2 Å². The topological polar surface area (TPSA) is 137 Å². The summed E-state index contributed by atoms with van der Waals surface area (Å²) in [6.45, 7) is 9.92. The molecule has 2 amide bonds. The molecule has 4 aromatic heterocycles. The molecule has 1 saturated heterocycles. The number of nitrogens with zero attached hydrogens (tertiary/aromatic N) is 7. The van der Waals surface area contributed by atoms with Gasteiger partial charge in [-0.15, -0.1) is 0 Å². The lowest BCUT2D eigenvalue weighted by atomic mass is 10.0. The zero-order chi connectivity index (χ0) is 40.8. The van der Waals surface area contributed by atoms with Crippen LogP contribution in [0.15, 0.2) is 97.7 Å². The number of carbonyl (C=O) groups is 2. The Bertz CT molecular complexity index is 2320. The molecule has 1 fully saturated rings. The Labute approximate surface area is 339 Å². The van der Waals surface area contributed by atoms with Crippen molar-refractivity contribution in [1.29, 1.82) is 0 Å². The molecule has 13 nitrogen and oxygen atoms in total. The van der Waals surface area contributed by atoms with E-state index in [1.54, 1.807) is 43.9 Å². The number of anilines is 2. The largest absolute Gasteiger partial charge is 0.497 e. The fourth-order valence-corrected chi connectivity index (χ4v) is 7.13. The highest BCUT2D eigenvalue weighted by Gasteiger charge is 2.28. The number of hydrogen-bond acceptors (Lipinski definition) is 10. The highest BCUT2D eigenvalue weighted by atomic mass is 16.6. The van der Waals surface area contributed by atoms with Crippen molar-refractivity contribution < 1.29 is 23.8 Å². The lowest BCUT2D eigenvalue weighted by Crippen LogP contribution is -2.42. The van der Waals surface area contributed by atoms with Gasteiger partial charge < -0.3 is 29.3 Å². The van der Waals surface area contributed by atoms with Crippen LogP contribution in [-0.4, -0.2) is 74.5 Å². The van der Waals surface area contributed by atoms with Crippen molar-refractivity contribution in [2.45, 2.75) is 71.7 Å². The van der Waals surface area contributed by atoms with Gasteiger partial charge in [-0.1, -0.05) is 31.2 Å². The average Bonchev–Trinajstić information content (AvgIpc) is 3.74. The molecule has 7 rings (SSSR count). The third-order valence-electron chi connectivity index (χ3n) is 10.2. The number of piperidine rings is 1. The van der Waals surface area contributed by atoms with Gasteiger partial charge in [0.2, 0.25) is 0 Å². The zero-order valence-corrected chi connectivity index (χ0v) is 33.9. The van der Waals surface area contributed by atoms with Gasteiger partial charge in [0.15, 0.2) is 0 Å². The van der Waals surface area contributed by atoms with Crippen LogP contribution in [0.4, 0.5) is 16.4 Å². The molecule has 0 radical (unpaired) electrons. The first-order chi connectivity index (χ1) is 28.0. The smallest absolute Gasteiger partial charge is 0.410 e. The monoisotopic (exact) mass is 782 g/mol. The van der Waals surface area contributed by atoms with Gasteiger partial charge in [0.1, 0.15) is 28.7 Å². The van der Waals surface area contributed by atoms with E-state index < -0.39 is 5.60 Å². The fraction of sp³-hybridized carbons (Fsp3) is 0.333. The van der Waals surface area contributed by atoms with Gasteiger partial charge in [0.25, 0.3) is 5.91 Å². The van der Waals surface area contributed by atoms with Crippen LogP contribution in [0.25, 0.3) is 22.0 Å². The highest BCUT2D eigenvalue weighted by molar-refractivity contribution is 6.05. The van der Waals surface area contributed by atoms with Crippen molar-refractivity contribution in [2.24, 2.45) is 0 Å². The first kappa shape index (κ1) is 39.7. The molecule has 1 N–H and O–H groups in total. The third kappa shape index (κ3) is 9.37. The molecule has 6 aromatic rings. The van der Waals surface area contributed by atoms with Crippen LogP contribution in [0.3, 0.4) is 0 Å². The quantitative estimate of drug-likeness (QED) is 0.129. The normalized spacial score (nSPS) is 13.3. The van der Waals surface area contributed by atoms with Crippen molar-refractivity contribution in [3.63, 3.8) is 0 Å². The van der Waals surface area contributed by atoms with Gasteiger partial charge in [0.05, 0.1) is 37.7 Å². The molecule has 0 atom stereocenters. The molecule has 0 aliphatic carbocycles. The Morgan fingerprint density at radius 3 is 2.14 bits per heavy atom. The lowest BCUT2D eigenvalue weighted by molar-refractivity contribution is 0.0184. The zero-order valence-electron chi connectivity index (χ0n) is 33.9. The summed E-state index contributed by atoms with van der Waals surface area (Å²) in [5, 5.41) is 9.22. The van der Waals surface area contributed by atoms with Crippen molar-refractivity contribution >= 4 is 34.4 Å². The molecule has 5 heterocycles. The summed E-state index contributed by atoms with van der Waals surface area (Å²) in [6, 6.07) is 22.1. The molecular formula is C45H50N8O5. The fourth-order valence-electron chi connectivity index (χ4n) is 7.13. The SMILES string of the molecule is CCc1ccncc1-c1cc2cc(NC(=O)c3cnn(C4CCN(C(=O)OC(C)(C)C)CC4)c3)ncc2c(N(Cc2ccc(OC)cc2)Cc2ccc(OC)cc2)n1. The number of carbonyl (C=O) groups excluding carboxylic acids is 2. The van der Waals surface area contributed by atoms with E-state index in [0.717, 1.165) is 62.5 Å². The van der Waals surface area contributed by atoms with E-state index in [-0.39, 0.29) is 18.0 Å². The number of pyridine rings is 3. The number of methoxy groups -OCH3 is 2. The predicted molar refractivity (Wildman–Crippen MR) is 224 cm³/mol. The molecule has 2 aromatic carbocycles. The minimum atomic E-state index is -0.548. The van der Waals surface area contributed by atoms with Crippen LogP contribution >= 0.6 is 0 Å². The molecule has 58 heavy (non-hydrogen) atoms. The number of fused-ring (bicyclic) bond motifs is 1. The van der Waals surface area contributed by atoms with Gasteiger partial charge >= 0.3 is 6.09 Å². The van der Waals surface area contributed by atoms with E-state index in [0.29, 0.717) is 50.4 Å². The number of rotatable bonds is 12. The number of ether oxygens (including phenoxy) is 3. The minimum absolute atomic E-state index is 0.0580. The molecule has 1 aliphatic rings. The summed E-state index contributed by atoms with van der Waals surface area (Å²) < 4.78 is 18.2.